The lowest BCUT2D eigenvalue weighted by Gasteiger charge is -2.18. The first-order chi connectivity index (χ1) is 41.0. The third-order valence-corrected chi connectivity index (χ3v) is 14.9. The molecule has 0 saturated heterocycles. The topological polar surface area (TPSA) is 78.9 Å². The van der Waals surface area contributed by atoms with Crippen molar-refractivity contribution in [3.05, 3.63) is 122 Å². The van der Waals surface area contributed by atoms with E-state index in [0.29, 0.717) is 19.3 Å². The van der Waals surface area contributed by atoms with Crippen LogP contribution >= 0.6 is 0 Å². The summed E-state index contributed by atoms with van der Waals surface area (Å²) in [5, 5.41) is 0. The first kappa shape index (κ1) is 78.8. The van der Waals surface area contributed by atoms with Crippen molar-refractivity contribution >= 4 is 17.9 Å². The van der Waals surface area contributed by atoms with Crippen LogP contribution in [0.25, 0.3) is 0 Å². The number of hydrogen-bond donors (Lipinski definition) is 0. The summed E-state index contributed by atoms with van der Waals surface area (Å²) in [4.78, 5) is 38.4. The van der Waals surface area contributed by atoms with Crippen molar-refractivity contribution in [2.24, 2.45) is 0 Å². The molecule has 83 heavy (non-hydrogen) atoms. The molecule has 0 aromatic heterocycles. The molecule has 0 heterocycles. The predicted octanol–water partition coefficient (Wildman–Crippen LogP) is 24.3. The van der Waals surface area contributed by atoms with Gasteiger partial charge >= 0.3 is 17.9 Å². The average molecular weight is 1150 g/mol. The molecular formula is C77H130O6. The lowest BCUT2D eigenvalue weighted by Crippen LogP contribution is -2.30. The molecule has 0 aromatic carbocycles. The van der Waals surface area contributed by atoms with Gasteiger partial charge in [-0.2, -0.15) is 0 Å². The van der Waals surface area contributed by atoms with Gasteiger partial charge in [-0.25, -0.2) is 0 Å². The molecule has 0 spiro atoms. The number of hydrogen-bond acceptors (Lipinski definition) is 6. The Morgan fingerprint density at radius 3 is 0.735 bits per heavy atom. The fraction of sp³-hybridized carbons (Fsp3) is 0.701. The van der Waals surface area contributed by atoms with Crippen LogP contribution in [-0.4, -0.2) is 37.2 Å². The molecular weight excluding hydrogens is 1020 g/mol. The van der Waals surface area contributed by atoms with E-state index in [4.69, 9.17) is 14.2 Å². The highest BCUT2D eigenvalue weighted by molar-refractivity contribution is 5.71. The van der Waals surface area contributed by atoms with Crippen LogP contribution in [-0.2, 0) is 28.6 Å². The van der Waals surface area contributed by atoms with Gasteiger partial charge in [0.05, 0.1) is 0 Å². The van der Waals surface area contributed by atoms with Gasteiger partial charge in [-0.1, -0.05) is 303 Å². The van der Waals surface area contributed by atoms with E-state index in [0.717, 1.165) is 141 Å². The first-order valence-electron chi connectivity index (χ1n) is 35.0. The minimum absolute atomic E-state index is 0.0858. The summed E-state index contributed by atoms with van der Waals surface area (Å²) in [5.74, 6) is -0.899. The van der Waals surface area contributed by atoms with Crippen molar-refractivity contribution < 1.29 is 28.6 Å². The third-order valence-electron chi connectivity index (χ3n) is 14.9. The largest absolute Gasteiger partial charge is 0.462 e. The number of unbranched alkanes of at least 4 members (excludes halogenated alkanes) is 32. The molecule has 0 saturated carbocycles. The molecule has 1 atom stereocenters. The molecule has 0 amide bonds. The fourth-order valence-electron chi connectivity index (χ4n) is 9.75. The van der Waals surface area contributed by atoms with Crippen molar-refractivity contribution in [2.45, 2.75) is 335 Å². The van der Waals surface area contributed by atoms with Gasteiger partial charge in [0.2, 0.25) is 0 Å². The number of carbonyl (C=O) groups is 3. The van der Waals surface area contributed by atoms with Crippen molar-refractivity contribution in [3.63, 3.8) is 0 Å². The van der Waals surface area contributed by atoms with Gasteiger partial charge in [0.25, 0.3) is 0 Å². The molecule has 0 radical (unpaired) electrons. The monoisotopic (exact) mass is 1150 g/mol. The van der Waals surface area contributed by atoms with Gasteiger partial charge in [-0.05, 0) is 128 Å². The highest BCUT2D eigenvalue weighted by atomic mass is 16.6. The maximum Gasteiger partial charge on any atom is 0.306 e. The van der Waals surface area contributed by atoms with E-state index in [1.807, 2.05) is 0 Å². The lowest BCUT2D eigenvalue weighted by atomic mass is 10.0. The van der Waals surface area contributed by atoms with Crippen LogP contribution < -0.4 is 0 Å². The van der Waals surface area contributed by atoms with Gasteiger partial charge in [0.1, 0.15) is 13.2 Å². The molecule has 0 rings (SSSR count). The van der Waals surface area contributed by atoms with Crippen LogP contribution in [0.2, 0.25) is 0 Å². The molecule has 474 valence electrons. The van der Waals surface area contributed by atoms with Crippen molar-refractivity contribution in [2.75, 3.05) is 13.2 Å². The predicted molar refractivity (Wildman–Crippen MR) is 362 cm³/mol. The summed E-state index contributed by atoms with van der Waals surface area (Å²) >= 11 is 0. The number of esters is 3. The molecule has 0 fully saturated rings. The second kappa shape index (κ2) is 70.3. The molecule has 6 nitrogen and oxygen atoms in total. The van der Waals surface area contributed by atoms with Crippen LogP contribution in [0.3, 0.4) is 0 Å². The highest BCUT2D eigenvalue weighted by Gasteiger charge is 2.19. The Balaban J connectivity index is 4.23. The van der Waals surface area contributed by atoms with Crippen LogP contribution in [0.1, 0.15) is 329 Å². The van der Waals surface area contributed by atoms with Crippen LogP contribution in [0, 0.1) is 0 Å². The van der Waals surface area contributed by atoms with Crippen LogP contribution in [0.5, 0.6) is 0 Å². The lowest BCUT2D eigenvalue weighted by molar-refractivity contribution is -0.167. The summed E-state index contributed by atoms with van der Waals surface area (Å²) < 4.78 is 17.0. The third kappa shape index (κ3) is 68.5. The minimum atomic E-state index is -0.792. The summed E-state index contributed by atoms with van der Waals surface area (Å²) in [7, 11) is 0. The maximum absolute atomic E-state index is 12.9. The van der Waals surface area contributed by atoms with Crippen LogP contribution in [0.4, 0.5) is 0 Å². The Kier molecular flexibility index (Phi) is 66.7. The maximum atomic E-state index is 12.9. The van der Waals surface area contributed by atoms with Crippen molar-refractivity contribution in [1.29, 1.82) is 0 Å². The second-order valence-electron chi connectivity index (χ2n) is 23.0. The normalized spacial score (nSPS) is 12.9. The summed E-state index contributed by atoms with van der Waals surface area (Å²) in [5.41, 5.74) is 0. The molecule has 0 bridgehead atoms. The van der Waals surface area contributed by atoms with Gasteiger partial charge in [0, 0.05) is 19.3 Å². The van der Waals surface area contributed by atoms with Gasteiger partial charge < -0.3 is 14.2 Å². The molecule has 0 aliphatic carbocycles. The first-order valence-corrected chi connectivity index (χ1v) is 35.0. The zero-order valence-corrected chi connectivity index (χ0v) is 54.4. The number of ether oxygens (including phenoxy) is 3. The Morgan fingerprint density at radius 2 is 0.470 bits per heavy atom. The SMILES string of the molecule is CC/C=C\C/C=C\C/C=C\C/C=C\C/C=C\CCCCCCCCCCCCCCCCCCCC(=O)OCC(COC(=O)CCCCCCC/C=C\C/C=C\CCCCC)OC(=O)CCCCCCCCC/C=C\C/C=C\C/C=C\CC. The Hall–Kier alpha value is -4.19. The Morgan fingerprint density at radius 1 is 0.253 bits per heavy atom. The van der Waals surface area contributed by atoms with Crippen molar-refractivity contribution in [3.8, 4) is 0 Å². The van der Waals surface area contributed by atoms with Crippen molar-refractivity contribution in [1.82, 2.24) is 0 Å². The highest BCUT2D eigenvalue weighted by Crippen LogP contribution is 2.17. The zero-order valence-electron chi connectivity index (χ0n) is 54.4. The average Bonchev–Trinajstić information content (AvgIpc) is 3.49. The van der Waals surface area contributed by atoms with E-state index in [2.05, 4.69) is 142 Å². The van der Waals surface area contributed by atoms with E-state index in [-0.39, 0.29) is 31.1 Å². The Labute approximate surface area is 513 Å². The molecule has 6 heteroatoms. The molecule has 0 aromatic rings. The van der Waals surface area contributed by atoms with E-state index in [1.165, 1.54) is 148 Å². The smallest absolute Gasteiger partial charge is 0.306 e. The quantitative estimate of drug-likeness (QED) is 0.0261. The van der Waals surface area contributed by atoms with E-state index < -0.39 is 6.10 Å². The van der Waals surface area contributed by atoms with E-state index in [9.17, 15) is 14.4 Å². The minimum Gasteiger partial charge on any atom is -0.462 e. The molecule has 1 unspecified atom stereocenters. The summed E-state index contributed by atoms with van der Waals surface area (Å²) in [6, 6.07) is 0. The summed E-state index contributed by atoms with van der Waals surface area (Å²) in [6.07, 6.45) is 98.0. The Bertz CT molecular complexity index is 1700. The van der Waals surface area contributed by atoms with E-state index in [1.54, 1.807) is 0 Å². The molecule has 0 aliphatic rings. The number of carbonyl (C=O) groups excluding carboxylic acids is 3. The second-order valence-corrected chi connectivity index (χ2v) is 23.0. The van der Waals surface area contributed by atoms with Gasteiger partial charge in [-0.15, -0.1) is 0 Å². The van der Waals surface area contributed by atoms with Crippen LogP contribution in [0.15, 0.2) is 122 Å². The van der Waals surface area contributed by atoms with E-state index >= 15 is 0 Å². The summed E-state index contributed by atoms with van der Waals surface area (Å²) in [6.45, 7) is 6.40. The molecule has 0 aliphatic heterocycles. The fourth-order valence-corrected chi connectivity index (χ4v) is 9.75. The number of allylic oxidation sites excluding steroid dienone is 20. The number of rotatable bonds is 63. The zero-order chi connectivity index (χ0) is 59.9. The standard InChI is InChI=1S/C77H130O6/c1-4-7-10-13-16-19-22-25-28-30-31-32-33-34-35-36-37-38-39-40-41-42-43-44-45-47-49-52-55-58-61-64-67-70-76(79)82-73-74(72-81-75(78)69-66-63-60-57-54-51-48-27-24-21-18-15-12-9-6-3)83-77(80)71-68-65-62-59-56-53-50-46-29-26-23-20-17-14-11-8-5-2/h7-8,10-11,16-21,25-29,31-32,34-35,48,74H,4-6,9,12-15,22-24,30,33,36-47,49-73H2,1-3H3/b10-7-,11-8-,19-16-,20-17-,21-18-,28-25-,29-26-,32-31-,35-34-,48-27-. The van der Waals surface area contributed by atoms with Gasteiger partial charge in [0.15, 0.2) is 6.10 Å². The molecule has 0 N–H and O–H groups in total. The van der Waals surface area contributed by atoms with Gasteiger partial charge in [-0.3, -0.25) is 14.4 Å².